The Morgan fingerprint density at radius 2 is 2.11 bits per heavy atom. The third-order valence-electron chi connectivity index (χ3n) is 2.68. The quantitative estimate of drug-likeness (QED) is 0.778. The second-order valence-electron chi connectivity index (χ2n) is 4.89. The minimum Gasteiger partial charge on any atom is -0.476 e. The summed E-state index contributed by atoms with van der Waals surface area (Å²) in [5.74, 6) is -0.405. The van der Waals surface area contributed by atoms with Crippen LogP contribution >= 0.6 is 0 Å². The van der Waals surface area contributed by atoms with Gasteiger partial charge in [0.05, 0.1) is 5.69 Å². The number of nitrogens with two attached hydrogens (primary N) is 1. The molecule has 4 nitrogen and oxygen atoms in total. The van der Waals surface area contributed by atoms with Crippen molar-refractivity contribution in [2.24, 2.45) is 5.92 Å². The van der Waals surface area contributed by atoms with Gasteiger partial charge in [-0.15, -0.1) is 0 Å². The van der Waals surface area contributed by atoms with Gasteiger partial charge in [-0.3, -0.25) is 4.79 Å². The van der Waals surface area contributed by atoms with E-state index in [1.807, 2.05) is 0 Å². The standard InChI is InChI=1S/C14H21FN2O2/c1-9(2)7-8-17-14(18)10(3)19-13-11(15)5-4-6-12(13)16/h4-6,9-10H,7-8,16H2,1-3H3,(H,17,18). The van der Waals surface area contributed by atoms with Crippen molar-refractivity contribution in [1.82, 2.24) is 5.32 Å². The first-order valence-corrected chi connectivity index (χ1v) is 6.40. The lowest BCUT2D eigenvalue weighted by atomic mass is 10.1. The first kappa shape index (κ1) is 15.3. The van der Waals surface area contributed by atoms with Gasteiger partial charge in [-0.2, -0.15) is 0 Å². The number of hydrogen-bond acceptors (Lipinski definition) is 3. The summed E-state index contributed by atoms with van der Waals surface area (Å²) >= 11 is 0. The van der Waals surface area contributed by atoms with E-state index in [1.165, 1.54) is 18.2 Å². The lowest BCUT2D eigenvalue weighted by molar-refractivity contribution is -0.127. The minimum atomic E-state index is -0.786. The summed E-state index contributed by atoms with van der Waals surface area (Å²) < 4.78 is 18.8. The fourth-order valence-corrected chi connectivity index (χ4v) is 1.51. The number of nitrogens with one attached hydrogen (secondary N) is 1. The zero-order chi connectivity index (χ0) is 14.4. The molecule has 19 heavy (non-hydrogen) atoms. The monoisotopic (exact) mass is 268 g/mol. The smallest absolute Gasteiger partial charge is 0.260 e. The van der Waals surface area contributed by atoms with Gasteiger partial charge in [0.15, 0.2) is 17.7 Å². The molecule has 106 valence electrons. The molecule has 0 heterocycles. The molecule has 0 fully saturated rings. The summed E-state index contributed by atoms with van der Waals surface area (Å²) in [5.41, 5.74) is 5.80. The predicted molar refractivity (Wildman–Crippen MR) is 73.4 cm³/mol. The van der Waals surface area contributed by atoms with Crippen LogP contribution in [0.4, 0.5) is 10.1 Å². The van der Waals surface area contributed by atoms with Gasteiger partial charge < -0.3 is 15.8 Å². The van der Waals surface area contributed by atoms with Gasteiger partial charge in [0, 0.05) is 6.54 Å². The number of nitrogen functional groups attached to an aromatic ring is 1. The second kappa shape index (κ2) is 6.97. The molecule has 1 atom stereocenters. The number of rotatable bonds is 6. The van der Waals surface area contributed by atoms with Crippen molar-refractivity contribution >= 4 is 11.6 Å². The number of carbonyl (C=O) groups excluding carboxylic acids is 1. The normalized spacial score (nSPS) is 12.3. The van der Waals surface area contributed by atoms with E-state index >= 15 is 0 Å². The molecule has 0 aliphatic rings. The van der Waals surface area contributed by atoms with Crippen LogP contribution in [0.15, 0.2) is 18.2 Å². The maximum Gasteiger partial charge on any atom is 0.260 e. The first-order chi connectivity index (χ1) is 8.91. The second-order valence-corrected chi connectivity index (χ2v) is 4.89. The number of hydrogen-bond donors (Lipinski definition) is 2. The molecule has 0 bridgehead atoms. The molecule has 1 aromatic carbocycles. The predicted octanol–water partition coefficient (Wildman–Crippen LogP) is 2.34. The van der Waals surface area contributed by atoms with Crippen molar-refractivity contribution in [3.63, 3.8) is 0 Å². The van der Waals surface area contributed by atoms with Crippen molar-refractivity contribution in [2.75, 3.05) is 12.3 Å². The molecule has 5 heteroatoms. The molecule has 1 amide bonds. The Morgan fingerprint density at radius 3 is 2.68 bits per heavy atom. The van der Waals surface area contributed by atoms with E-state index in [2.05, 4.69) is 19.2 Å². The highest BCUT2D eigenvalue weighted by molar-refractivity contribution is 5.80. The van der Waals surface area contributed by atoms with Gasteiger partial charge in [-0.1, -0.05) is 19.9 Å². The molecule has 0 spiro atoms. The van der Waals surface area contributed by atoms with Crippen LogP contribution in [-0.2, 0) is 4.79 Å². The van der Waals surface area contributed by atoms with E-state index in [4.69, 9.17) is 10.5 Å². The molecule has 0 saturated carbocycles. The number of anilines is 1. The van der Waals surface area contributed by atoms with Crippen molar-refractivity contribution in [2.45, 2.75) is 33.3 Å². The highest BCUT2D eigenvalue weighted by Crippen LogP contribution is 2.25. The van der Waals surface area contributed by atoms with E-state index in [-0.39, 0.29) is 17.3 Å². The third-order valence-corrected chi connectivity index (χ3v) is 2.68. The summed E-state index contributed by atoms with van der Waals surface area (Å²) in [4.78, 5) is 11.8. The third kappa shape index (κ3) is 4.77. The zero-order valence-electron chi connectivity index (χ0n) is 11.6. The largest absolute Gasteiger partial charge is 0.476 e. The maximum absolute atomic E-state index is 13.5. The van der Waals surface area contributed by atoms with Crippen LogP contribution in [0.1, 0.15) is 27.2 Å². The highest BCUT2D eigenvalue weighted by atomic mass is 19.1. The van der Waals surface area contributed by atoms with Crippen LogP contribution < -0.4 is 15.8 Å². The number of ether oxygens (including phenoxy) is 1. The summed E-state index contributed by atoms with van der Waals surface area (Å²) in [7, 11) is 0. The van der Waals surface area contributed by atoms with Gasteiger partial charge in [0.25, 0.3) is 5.91 Å². The molecule has 1 unspecified atom stereocenters. The van der Waals surface area contributed by atoms with E-state index in [0.717, 1.165) is 6.42 Å². The van der Waals surface area contributed by atoms with Crippen molar-refractivity contribution in [3.8, 4) is 5.75 Å². The molecule has 0 aromatic heterocycles. The zero-order valence-corrected chi connectivity index (χ0v) is 11.6. The Balaban J connectivity index is 2.54. The number of para-hydroxylation sites is 1. The summed E-state index contributed by atoms with van der Waals surface area (Å²) in [6, 6.07) is 4.27. The van der Waals surface area contributed by atoms with Gasteiger partial charge in [-0.05, 0) is 31.4 Å². The number of amides is 1. The minimum absolute atomic E-state index is 0.0750. The van der Waals surface area contributed by atoms with Gasteiger partial charge in [-0.25, -0.2) is 4.39 Å². The Labute approximate surface area is 113 Å². The maximum atomic E-state index is 13.5. The molecular weight excluding hydrogens is 247 g/mol. The SMILES string of the molecule is CC(C)CCNC(=O)C(C)Oc1c(N)cccc1F. The fraction of sp³-hybridized carbons (Fsp3) is 0.500. The Bertz CT molecular complexity index is 415. The van der Waals surface area contributed by atoms with Crippen LogP contribution in [0.25, 0.3) is 0 Å². The lowest BCUT2D eigenvalue weighted by Crippen LogP contribution is -2.37. The lowest BCUT2D eigenvalue weighted by Gasteiger charge is -2.16. The molecule has 3 N–H and O–H groups in total. The van der Waals surface area contributed by atoms with E-state index in [1.54, 1.807) is 6.92 Å². The molecule has 0 radical (unpaired) electrons. The first-order valence-electron chi connectivity index (χ1n) is 6.40. The van der Waals surface area contributed by atoms with E-state index in [0.29, 0.717) is 12.5 Å². The van der Waals surface area contributed by atoms with Crippen molar-refractivity contribution in [1.29, 1.82) is 0 Å². The van der Waals surface area contributed by atoms with Crippen molar-refractivity contribution < 1.29 is 13.9 Å². The van der Waals surface area contributed by atoms with Crippen LogP contribution in [-0.4, -0.2) is 18.6 Å². The summed E-state index contributed by atoms with van der Waals surface area (Å²) in [5, 5.41) is 2.75. The van der Waals surface area contributed by atoms with Crippen LogP contribution in [0.3, 0.4) is 0 Å². The molecule has 0 aliphatic heterocycles. The number of benzene rings is 1. The van der Waals surface area contributed by atoms with E-state index in [9.17, 15) is 9.18 Å². The Hall–Kier alpha value is -1.78. The fourth-order valence-electron chi connectivity index (χ4n) is 1.51. The summed E-state index contributed by atoms with van der Waals surface area (Å²) in [6.45, 7) is 6.30. The molecule has 1 aromatic rings. The molecule has 0 saturated heterocycles. The van der Waals surface area contributed by atoms with Crippen LogP contribution in [0.5, 0.6) is 5.75 Å². The summed E-state index contributed by atoms with van der Waals surface area (Å²) in [6.07, 6.45) is 0.103. The number of carbonyl (C=O) groups is 1. The highest BCUT2D eigenvalue weighted by Gasteiger charge is 2.17. The Kier molecular flexibility index (Phi) is 5.60. The molecular formula is C14H21FN2O2. The van der Waals surface area contributed by atoms with Gasteiger partial charge in [0.1, 0.15) is 0 Å². The van der Waals surface area contributed by atoms with Crippen LogP contribution in [0.2, 0.25) is 0 Å². The van der Waals surface area contributed by atoms with E-state index < -0.39 is 11.9 Å². The van der Waals surface area contributed by atoms with Crippen LogP contribution in [0, 0.1) is 11.7 Å². The van der Waals surface area contributed by atoms with Gasteiger partial charge >= 0.3 is 0 Å². The Morgan fingerprint density at radius 1 is 1.42 bits per heavy atom. The number of halogens is 1. The van der Waals surface area contributed by atoms with Crippen molar-refractivity contribution in [3.05, 3.63) is 24.0 Å². The average Bonchev–Trinajstić information content (AvgIpc) is 2.33. The topological polar surface area (TPSA) is 64.3 Å². The molecule has 0 aliphatic carbocycles. The molecule has 1 rings (SSSR count). The average molecular weight is 268 g/mol. The van der Waals surface area contributed by atoms with Gasteiger partial charge in [0.2, 0.25) is 0 Å².